The summed E-state index contributed by atoms with van der Waals surface area (Å²) in [7, 11) is 0. The van der Waals surface area contributed by atoms with Gasteiger partial charge >= 0.3 is 0 Å². The summed E-state index contributed by atoms with van der Waals surface area (Å²) in [5.74, 6) is 0.164. The van der Waals surface area contributed by atoms with Crippen molar-refractivity contribution in [3.63, 3.8) is 0 Å². The van der Waals surface area contributed by atoms with E-state index >= 15 is 0 Å². The summed E-state index contributed by atoms with van der Waals surface area (Å²) in [5.41, 5.74) is 2.22. The van der Waals surface area contributed by atoms with E-state index in [1.165, 1.54) is 0 Å². The maximum atomic E-state index is 11.5. The lowest BCUT2D eigenvalue weighted by Crippen LogP contribution is -2.21. The summed E-state index contributed by atoms with van der Waals surface area (Å²) in [5, 5.41) is 0. The molecule has 0 fully saturated rings. The Labute approximate surface area is 82.2 Å². The zero-order chi connectivity index (χ0) is 10.1. The first kappa shape index (κ1) is 9.19. The fourth-order valence-corrected chi connectivity index (χ4v) is 1.88. The van der Waals surface area contributed by atoms with Crippen LogP contribution < -0.4 is 5.56 Å². The smallest absolute Gasteiger partial charge is 0.251 e. The van der Waals surface area contributed by atoms with Crippen LogP contribution >= 0.6 is 0 Å². The normalized spacial score (nSPS) is 15.4. The van der Waals surface area contributed by atoms with Gasteiger partial charge in [0.15, 0.2) is 5.78 Å². The van der Waals surface area contributed by atoms with Crippen LogP contribution in [0, 0.1) is 0 Å². The molecule has 3 heteroatoms. The SMILES string of the molecule is CCc1cc2c([nH]c1=O)CCCC2=O. The molecule has 1 heterocycles. The van der Waals surface area contributed by atoms with Gasteiger partial charge in [-0.2, -0.15) is 0 Å². The summed E-state index contributed by atoms with van der Waals surface area (Å²) in [4.78, 5) is 25.8. The summed E-state index contributed by atoms with van der Waals surface area (Å²) >= 11 is 0. The topological polar surface area (TPSA) is 49.9 Å². The number of aromatic amines is 1. The molecule has 0 aromatic carbocycles. The van der Waals surface area contributed by atoms with E-state index in [9.17, 15) is 9.59 Å². The number of carbonyl (C=O) groups excluding carboxylic acids is 1. The quantitative estimate of drug-likeness (QED) is 0.730. The largest absolute Gasteiger partial charge is 0.325 e. The van der Waals surface area contributed by atoms with Gasteiger partial charge in [-0.3, -0.25) is 9.59 Å². The van der Waals surface area contributed by atoms with E-state index in [1.54, 1.807) is 6.07 Å². The number of Topliss-reactive ketones (excluding diaryl/α,β-unsaturated/α-hetero) is 1. The number of carbonyl (C=O) groups is 1. The number of pyridine rings is 1. The molecule has 0 bridgehead atoms. The number of hydrogen-bond acceptors (Lipinski definition) is 2. The predicted octanol–water partition coefficient (Wildman–Crippen LogP) is 1.46. The molecule has 2 rings (SSSR count). The van der Waals surface area contributed by atoms with Crippen molar-refractivity contribution in [2.75, 3.05) is 0 Å². The lowest BCUT2D eigenvalue weighted by Gasteiger charge is -2.14. The van der Waals surface area contributed by atoms with Crippen molar-refractivity contribution in [1.82, 2.24) is 4.98 Å². The van der Waals surface area contributed by atoms with Gasteiger partial charge in [0.1, 0.15) is 0 Å². The minimum Gasteiger partial charge on any atom is -0.325 e. The Morgan fingerprint density at radius 2 is 2.14 bits per heavy atom. The number of ketones is 1. The Balaban J connectivity index is 2.60. The molecule has 0 spiro atoms. The van der Waals surface area contributed by atoms with Gasteiger partial charge in [-0.1, -0.05) is 6.92 Å². The van der Waals surface area contributed by atoms with Crippen LogP contribution in [0.2, 0.25) is 0 Å². The van der Waals surface area contributed by atoms with Gasteiger partial charge < -0.3 is 4.98 Å². The molecule has 0 aliphatic heterocycles. The van der Waals surface area contributed by atoms with Crippen molar-refractivity contribution in [2.24, 2.45) is 0 Å². The molecule has 0 unspecified atom stereocenters. The monoisotopic (exact) mass is 191 g/mol. The van der Waals surface area contributed by atoms with Gasteiger partial charge in [-0.15, -0.1) is 0 Å². The Kier molecular flexibility index (Phi) is 2.23. The number of H-pyrrole nitrogens is 1. The van der Waals surface area contributed by atoms with Gasteiger partial charge in [0.2, 0.25) is 0 Å². The van der Waals surface area contributed by atoms with Crippen LogP contribution in [0.4, 0.5) is 0 Å². The molecule has 3 nitrogen and oxygen atoms in total. The number of nitrogens with one attached hydrogen (secondary N) is 1. The maximum absolute atomic E-state index is 11.5. The third kappa shape index (κ3) is 1.39. The number of hydrogen-bond donors (Lipinski definition) is 1. The first-order valence-electron chi connectivity index (χ1n) is 5.00. The highest BCUT2D eigenvalue weighted by Gasteiger charge is 2.18. The lowest BCUT2D eigenvalue weighted by atomic mass is 9.93. The molecule has 74 valence electrons. The molecule has 1 aromatic rings. The molecule has 0 radical (unpaired) electrons. The molecule has 14 heavy (non-hydrogen) atoms. The van der Waals surface area contributed by atoms with Crippen LogP contribution in [-0.2, 0) is 12.8 Å². The molecule has 1 aliphatic rings. The maximum Gasteiger partial charge on any atom is 0.251 e. The van der Waals surface area contributed by atoms with Gasteiger partial charge in [0.25, 0.3) is 5.56 Å². The number of fused-ring (bicyclic) bond motifs is 1. The van der Waals surface area contributed by atoms with Gasteiger partial charge in [0.05, 0.1) is 0 Å². The van der Waals surface area contributed by atoms with Crippen molar-refractivity contribution in [3.05, 3.63) is 33.2 Å². The van der Waals surface area contributed by atoms with Crippen LogP contribution in [0.5, 0.6) is 0 Å². The van der Waals surface area contributed by atoms with E-state index < -0.39 is 0 Å². The first-order chi connectivity index (χ1) is 6.72. The summed E-state index contributed by atoms with van der Waals surface area (Å²) in [6.45, 7) is 1.92. The van der Waals surface area contributed by atoms with Crippen LogP contribution in [0.3, 0.4) is 0 Å². The summed E-state index contributed by atoms with van der Waals surface area (Å²) < 4.78 is 0. The van der Waals surface area contributed by atoms with Gasteiger partial charge in [0, 0.05) is 23.2 Å². The molecule has 0 atom stereocenters. The molecular formula is C11H13NO2. The second kappa shape index (κ2) is 3.40. The Morgan fingerprint density at radius 1 is 1.36 bits per heavy atom. The minimum absolute atomic E-state index is 0.0408. The highest BCUT2D eigenvalue weighted by atomic mass is 16.1. The van der Waals surface area contributed by atoms with E-state index in [2.05, 4.69) is 4.98 Å². The average Bonchev–Trinajstić information content (AvgIpc) is 2.17. The minimum atomic E-state index is -0.0408. The van der Waals surface area contributed by atoms with E-state index in [1.807, 2.05) is 6.92 Å². The Bertz CT molecular complexity index is 431. The van der Waals surface area contributed by atoms with Gasteiger partial charge in [-0.05, 0) is 25.3 Å². The molecule has 0 amide bonds. The van der Waals surface area contributed by atoms with E-state index in [4.69, 9.17) is 0 Å². The van der Waals surface area contributed by atoms with Crippen molar-refractivity contribution in [1.29, 1.82) is 0 Å². The second-order valence-electron chi connectivity index (χ2n) is 3.65. The zero-order valence-corrected chi connectivity index (χ0v) is 8.22. The summed E-state index contributed by atoms with van der Waals surface area (Å²) in [6, 6.07) is 1.76. The lowest BCUT2D eigenvalue weighted by molar-refractivity contribution is 0.0971. The van der Waals surface area contributed by atoms with Crippen LogP contribution in [0.1, 0.15) is 41.4 Å². The number of aryl methyl sites for hydroxylation is 2. The van der Waals surface area contributed by atoms with Crippen LogP contribution in [-0.4, -0.2) is 10.8 Å². The predicted molar refractivity (Wildman–Crippen MR) is 53.7 cm³/mol. The summed E-state index contributed by atoms with van der Waals surface area (Å²) in [6.07, 6.45) is 2.96. The van der Waals surface area contributed by atoms with Crippen LogP contribution in [0.25, 0.3) is 0 Å². The fraction of sp³-hybridized carbons (Fsp3) is 0.455. The van der Waals surface area contributed by atoms with E-state index in [0.29, 0.717) is 18.4 Å². The molecule has 1 aliphatic carbocycles. The molecular weight excluding hydrogens is 178 g/mol. The highest BCUT2D eigenvalue weighted by molar-refractivity contribution is 5.98. The molecule has 1 aromatic heterocycles. The molecule has 0 saturated carbocycles. The second-order valence-corrected chi connectivity index (χ2v) is 3.65. The fourth-order valence-electron chi connectivity index (χ4n) is 1.88. The van der Waals surface area contributed by atoms with Crippen molar-refractivity contribution in [2.45, 2.75) is 32.6 Å². The number of rotatable bonds is 1. The van der Waals surface area contributed by atoms with Gasteiger partial charge in [-0.25, -0.2) is 0 Å². The zero-order valence-electron chi connectivity index (χ0n) is 8.22. The van der Waals surface area contributed by atoms with Crippen molar-refractivity contribution < 1.29 is 4.79 Å². The van der Waals surface area contributed by atoms with Crippen LogP contribution in [0.15, 0.2) is 10.9 Å². The third-order valence-electron chi connectivity index (χ3n) is 2.71. The van der Waals surface area contributed by atoms with E-state index in [0.717, 1.165) is 24.1 Å². The average molecular weight is 191 g/mol. The standard InChI is InChI=1S/C11H13NO2/c1-2-7-6-8-9(12-11(7)14)4-3-5-10(8)13/h6H,2-5H2,1H3,(H,12,14). The molecule has 0 saturated heterocycles. The van der Waals surface area contributed by atoms with E-state index in [-0.39, 0.29) is 11.3 Å². The van der Waals surface area contributed by atoms with Crippen molar-refractivity contribution >= 4 is 5.78 Å². The highest BCUT2D eigenvalue weighted by Crippen LogP contribution is 2.18. The Morgan fingerprint density at radius 3 is 2.86 bits per heavy atom. The van der Waals surface area contributed by atoms with Crippen molar-refractivity contribution in [3.8, 4) is 0 Å². The third-order valence-corrected chi connectivity index (χ3v) is 2.71. The first-order valence-corrected chi connectivity index (χ1v) is 5.00. The number of aromatic nitrogens is 1. The Hall–Kier alpha value is -1.38. The molecule has 1 N–H and O–H groups in total.